The predicted octanol–water partition coefficient (Wildman–Crippen LogP) is -1.62. The SMILES string of the molecule is NC(CC(=O)O)C(=O)O.O=C(O)CCC(=O)C(=O)O. The minimum atomic E-state index is -1.58. The first kappa shape index (κ1) is 18.9. The third-order valence-electron chi connectivity index (χ3n) is 1.52. The molecule has 1 unspecified atom stereocenters. The highest BCUT2D eigenvalue weighted by atomic mass is 16.4. The molecule has 0 bridgehead atoms. The largest absolute Gasteiger partial charge is 0.481 e. The number of carbonyl (C=O) groups excluding carboxylic acids is 1. The van der Waals surface area contributed by atoms with Gasteiger partial charge in [0.05, 0.1) is 12.8 Å². The molecule has 0 rings (SSSR count). The second-order valence-electron chi connectivity index (χ2n) is 3.16. The maximum Gasteiger partial charge on any atom is 0.372 e. The first-order valence-corrected chi connectivity index (χ1v) is 4.76. The van der Waals surface area contributed by atoms with Gasteiger partial charge in [-0.05, 0) is 0 Å². The molecule has 0 amide bonds. The molecule has 0 aromatic heterocycles. The Morgan fingerprint density at radius 2 is 1.32 bits per heavy atom. The number of carboxylic acids is 4. The van der Waals surface area contributed by atoms with Crippen molar-refractivity contribution in [3.63, 3.8) is 0 Å². The lowest BCUT2D eigenvalue weighted by Crippen LogP contribution is -2.32. The van der Waals surface area contributed by atoms with Crippen LogP contribution in [0.3, 0.4) is 0 Å². The first-order chi connectivity index (χ1) is 8.57. The third-order valence-corrected chi connectivity index (χ3v) is 1.52. The van der Waals surface area contributed by atoms with Gasteiger partial charge in [0.1, 0.15) is 6.04 Å². The van der Waals surface area contributed by atoms with Crippen molar-refractivity contribution in [2.24, 2.45) is 5.73 Å². The second-order valence-corrected chi connectivity index (χ2v) is 3.16. The number of nitrogens with two attached hydrogens (primary N) is 1. The van der Waals surface area contributed by atoms with E-state index in [9.17, 15) is 24.0 Å². The zero-order valence-corrected chi connectivity index (χ0v) is 9.61. The van der Waals surface area contributed by atoms with Crippen molar-refractivity contribution in [1.82, 2.24) is 0 Å². The molecule has 0 aliphatic heterocycles. The second kappa shape index (κ2) is 9.53. The molecular weight excluding hydrogens is 266 g/mol. The number of rotatable bonds is 7. The lowest BCUT2D eigenvalue weighted by Gasteiger charge is -1.99. The molecule has 1 atom stereocenters. The fraction of sp³-hybridized carbons (Fsp3) is 0.444. The summed E-state index contributed by atoms with van der Waals surface area (Å²) in [5, 5.41) is 32.0. The van der Waals surface area contributed by atoms with E-state index in [1.165, 1.54) is 0 Å². The Balaban J connectivity index is 0. The summed E-state index contributed by atoms with van der Waals surface area (Å²) in [7, 11) is 0. The van der Waals surface area contributed by atoms with Crippen LogP contribution in [0.4, 0.5) is 0 Å². The predicted molar refractivity (Wildman–Crippen MR) is 57.4 cm³/mol. The molecule has 0 saturated carbocycles. The third kappa shape index (κ3) is 13.4. The highest BCUT2D eigenvalue weighted by Gasteiger charge is 2.14. The van der Waals surface area contributed by atoms with Crippen molar-refractivity contribution in [3.05, 3.63) is 0 Å². The van der Waals surface area contributed by atoms with E-state index in [4.69, 9.17) is 26.2 Å². The van der Waals surface area contributed by atoms with Crippen molar-refractivity contribution >= 4 is 29.7 Å². The van der Waals surface area contributed by atoms with Gasteiger partial charge in [-0.1, -0.05) is 0 Å². The van der Waals surface area contributed by atoms with E-state index in [1.807, 2.05) is 0 Å². The highest BCUT2D eigenvalue weighted by Crippen LogP contribution is 1.90. The topological polar surface area (TPSA) is 192 Å². The molecule has 6 N–H and O–H groups in total. The van der Waals surface area contributed by atoms with Crippen LogP contribution in [0, 0.1) is 0 Å². The van der Waals surface area contributed by atoms with Crippen molar-refractivity contribution in [3.8, 4) is 0 Å². The van der Waals surface area contributed by atoms with Gasteiger partial charge in [0, 0.05) is 6.42 Å². The summed E-state index contributed by atoms with van der Waals surface area (Å²) in [6, 6.07) is -1.29. The summed E-state index contributed by atoms with van der Waals surface area (Å²) in [5.41, 5.74) is 4.84. The number of carboxylic acid groups (broad SMARTS) is 4. The Bertz CT molecular complexity index is 376. The Hall–Kier alpha value is -2.49. The molecule has 0 aromatic rings. The van der Waals surface area contributed by atoms with Crippen LogP contribution in [0.2, 0.25) is 0 Å². The van der Waals surface area contributed by atoms with Gasteiger partial charge < -0.3 is 26.2 Å². The van der Waals surface area contributed by atoms with Crippen LogP contribution < -0.4 is 5.73 Å². The summed E-state index contributed by atoms with van der Waals surface area (Å²) in [4.78, 5) is 49.4. The minimum Gasteiger partial charge on any atom is -0.481 e. The van der Waals surface area contributed by atoms with Crippen LogP contribution >= 0.6 is 0 Å². The molecular formula is C9H13NO9. The van der Waals surface area contributed by atoms with E-state index >= 15 is 0 Å². The van der Waals surface area contributed by atoms with E-state index in [1.54, 1.807) is 0 Å². The van der Waals surface area contributed by atoms with E-state index in [-0.39, 0.29) is 0 Å². The van der Waals surface area contributed by atoms with Gasteiger partial charge >= 0.3 is 23.9 Å². The Morgan fingerprint density at radius 3 is 1.53 bits per heavy atom. The van der Waals surface area contributed by atoms with Gasteiger partial charge in [0.15, 0.2) is 0 Å². The maximum absolute atomic E-state index is 10.2. The normalized spacial score (nSPS) is 10.6. The molecule has 0 radical (unpaired) electrons. The Morgan fingerprint density at radius 1 is 0.842 bits per heavy atom. The lowest BCUT2D eigenvalue weighted by molar-refractivity contribution is -0.149. The molecule has 0 saturated heterocycles. The van der Waals surface area contributed by atoms with Gasteiger partial charge in [0.2, 0.25) is 5.78 Å². The number of hydrogen-bond donors (Lipinski definition) is 5. The monoisotopic (exact) mass is 279 g/mol. The summed E-state index contributed by atoms with van der Waals surface area (Å²) >= 11 is 0. The fourth-order valence-electron chi connectivity index (χ4n) is 0.603. The maximum atomic E-state index is 10.2. The van der Waals surface area contributed by atoms with E-state index < -0.39 is 55.0 Å². The van der Waals surface area contributed by atoms with E-state index in [2.05, 4.69) is 0 Å². The van der Waals surface area contributed by atoms with Crippen molar-refractivity contribution < 1.29 is 44.4 Å². The quantitative estimate of drug-likeness (QED) is 0.338. The smallest absolute Gasteiger partial charge is 0.372 e. The van der Waals surface area contributed by atoms with E-state index in [0.717, 1.165) is 0 Å². The van der Waals surface area contributed by atoms with Gasteiger partial charge in [-0.3, -0.25) is 19.2 Å². The highest BCUT2D eigenvalue weighted by molar-refractivity contribution is 6.32. The van der Waals surface area contributed by atoms with Gasteiger partial charge in [-0.2, -0.15) is 0 Å². The standard InChI is InChI=1S/C5H6O5.C4H7NO4/c6-3(5(9)10)1-2-4(7)8;5-2(4(8)9)1-3(6)7/h1-2H2,(H,7,8)(H,9,10);2H,1,5H2,(H,6,7)(H,8,9). The van der Waals surface area contributed by atoms with Gasteiger partial charge in [-0.15, -0.1) is 0 Å². The lowest BCUT2D eigenvalue weighted by atomic mass is 10.2. The summed E-state index contributed by atoms with van der Waals surface area (Å²) in [6.45, 7) is 0. The molecule has 10 heteroatoms. The Kier molecular flexibility index (Phi) is 9.46. The minimum absolute atomic E-state index is 0.425. The van der Waals surface area contributed by atoms with Gasteiger partial charge in [-0.25, -0.2) is 4.79 Å². The van der Waals surface area contributed by atoms with Crippen LogP contribution in [0.25, 0.3) is 0 Å². The van der Waals surface area contributed by atoms with E-state index in [0.29, 0.717) is 0 Å². The zero-order chi connectivity index (χ0) is 15.6. The van der Waals surface area contributed by atoms with Crippen LogP contribution in [0.15, 0.2) is 0 Å². The number of ketones is 1. The number of aliphatic carboxylic acids is 4. The summed E-state index contributed by atoms with van der Waals surface area (Å²) in [5.74, 6) is -6.32. The molecule has 0 aliphatic rings. The van der Waals surface area contributed by atoms with Crippen LogP contribution in [0.1, 0.15) is 19.3 Å². The zero-order valence-electron chi connectivity index (χ0n) is 9.61. The van der Waals surface area contributed by atoms with Crippen LogP contribution in [-0.2, 0) is 24.0 Å². The molecule has 0 spiro atoms. The molecule has 0 aromatic carbocycles. The molecule has 19 heavy (non-hydrogen) atoms. The first-order valence-electron chi connectivity index (χ1n) is 4.76. The number of hydrogen-bond acceptors (Lipinski definition) is 6. The Labute approximate surface area is 106 Å². The average Bonchev–Trinajstić information content (AvgIpc) is 2.25. The number of carbonyl (C=O) groups is 5. The molecule has 0 fully saturated rings. The number of Topliss-reactive ketones (excluding diaryl/α,β-unsaturated/α-hetero) is 1. The fourth-order valence-corrected chi connectivity index (χ4v) is 0.603. The van der Waals surface area contributed by atoms with Crippen molar-refractivity contribution in [2.75, 3.05) is 0 Å². The molecule has 108 valence electrons. The van der Waals surface area contributed by atoms with Gasteiger partial charge in [0.25, 0.3) is 0 Å². The summed E-state index contributed by atoms with van der Waals surface area (Å²) < 4.78 is 0. The molecule has 0 aliphatic carbocycles. The van der Waals surface area contributed by atoms with Crippen molar-refractivity contribution in [2.45, 2.75) is 25.3 Å². The van der Waals surface area contributed by atoms with Crippen LogP contribution in [-0.4, -0.2) is 56.1 Å². The van der Waals surface area contributed by atoms with Crippen molar-refractivity contribution in [1.29, 1.82) is 0 Å². The average molecular weight is 279 g/mol. The summed E-state index contributed by atoms with van der Waals surface area (Å²) in [6.07, 6.45) is -1.40. The molecule has 0 heterocycles. The van der Waals surface area contributed by atoms with Crippen LogP contribution in [0.5, 0.6) is 0 Å². The molecule has 10 nitrogen and oxygen atoms in total.